The van der Waals surface area contributed by atoms with Gasteiger partial charge in [-0.3, -0.25) is 4.79 Å². The number of ether oxygens (including phenoxy) is 4. The summed E-state index contributed by atoms with van der Waals surface area (Å²) < 4.78 is 20.6. The van der Waals surface area contributed by atoms with Crippen molar-refractivity contribution in [3.8, 4) is 17.2 Å². The highest BCUT2D eigenvalue weighted by atomic mass is 16.5. The second kappa shape index (κ2) is 8.19. The largest absolute Gasteiger partial charge is 0.497 e. The molecule has 0 aliphatic heterocycles. The number of rotatable bonds is 7. The highest BCUT2D eigenvalue weighted by Crippen LogP contribution is 2.25. The van der Waals surface area contributed by atoms with Crippen molar-refractivity contribution in [2.24, 2.45) is 0 Å². The van der Waals surface area contributed by atoms with Crippen molar-refractivity contribution >= 4 is 11.8 Å². The molecule has 0 bridgehead atoms. The minimum Gasteiger partial charge on any atom is -0.497 e. The predicted octanol–water partition coefficient (Wildman–Crippen LogP) is 3.14. The lowest BCUT2D eigenvalue weighted by atomic mass is 10.1. The van der Waals surface area contributed by atoms with Crippen LogP contribution in [0.2, 0.25) is 0 Å². The molecule has 0 aromatic heterocycles. The normalized spacial score (nSPS) is 11.4. The average molecular weight is 344 g/mol. The van der Waals surface area contributed by atoms with Gasteiger partial charge < -0.3 is 18.9 Å². The molecule has 0 saturated heterocycles. The average Bonchev–Trinajstić information content (AvgIpc) is 2.66. The van der Waals surface area contributed by atoms with Crippen LogP contribution >= 0.6 is 0 Å². The molecule has 0 amide bonds. The number of ketones is 1. The van der Waals surface area contributed by atoms with Crippen molar-refractivity contribution in [2.45, 2.75) is 13.0 Å². The molecule has 2 aromatic carbocycles. The number of esters is 1. The summed E-state index contributed by atoms with van der Waals surface area (Å²) in [5, 5.41) is 0. The molecule has 0 aliphatic rings. The second-order valence-corrected chi connectivity index (χ2v) is 5.21. The van der Waals surface area contributed by atoms with Crippen LogP contribution in [0.3, 0.4) is 0 Å². The third-order valence-corrected chi connectivity index (χ3v) is 3.65. The molecular formula is C19H20O6. The zero-order chi connectivity index (χ0) is 18.4. The maximum Gasteiger partial charge on any atom is 0.342 e. The Balaban J connectivity index is 2.14. The number of methoxy groups -OCH3 is 3. The Kier molecular flexibility index (Phi) is 6.00. The summed E-state index contributed by atoms with van der Waals surface area (Å²) in [4.78, 5) is 24.8. The number of carbonyl (C=O) groups excluding carboxylic acids is 2. The van der Waals surface area contributed by atoms with Gasteiger partial charge in [-0.25, -0.2) is 4.79 Å². The van der Waals surface area contributed by atoms with Crippen LogP contribution in [-0.4, -0.2) is 39.2 Å². The fraction of sp³-hybridized carbons (Fsp3) is 0.263. The molecule has 6 nitrogen and oxygen atoms in total. The second-order valence-electron chi connectivity index (χ2n) is 5.21. The van der Waals surface area contributed by atoms with Crippen molar-refractivity contribution < 1.29 is 28.5 Å². The Labute approximate surface area is 146 Å². The molecule has 0 spiro atoms. The van der Waals surface area contributed by atoms with Gasteiger partial charge in [-0.1, -0.05) is 0 Å². The highest BCUT2D eigenvalue weighted by molar-refractivity contribution is 6.02. The topological polar surface area (TPSA) is 71.1 Å². The van der Waals surface area contributed by atoms with E-state index in [4.69, 9.17) is 18.9 Å². The van der Waals surface area contributed by atoms with E-state index in [0.29, 0.717) is 22.8 Å². The molecule has 0 fully saturated rings. The third-order valence-electron chi connectivity index (χ3n) is 3.65. The van der Waals surface area contributed by atoms with E-state index in [2.05, 4.69) is 0 Å². The lowest BCUT2D eigenvalue weighted by Crippen LogP contribution is -2.24. The zero-order valence-corrected chi connectivity index (χ0v) is 14.6. The first kappa shape index (κ1) is 18.3. The van der Waals surface area contributed by atoms with Crippen molar-refractivity contribution in [3.63, 3.8) is 0 Å². The van der Waals surface area contributed by atoms with Crippen LogP contribution < -0.4 is 14.2 Å². The molecule has 132 valence electrons. The predicted molar refractivity (Wildman–Crippen MR) is 91.7 cm³/mol. The molecule has 1 atom stereocenters. The van der Waals surface area contributed by atoms with Crippen LogP contribution in [0.4, 0.5) is 0 Å². The van der Waals surface area contributed by atoms with Gasteiger partial charge >= 0.3 is 5.97 Å². The van der Waals surface area contributed by atoms with Crippen LogP contribution in [0.1, 0.15) is 27.6 Å². The number of Topliss-reactive ketones (excluding diaryl/α,β-unsaturated/α-hetero) is 1. The zero-order valence-electron chi connectivity index (χ0n) is 14.6. The number of carbonyl (C=O) groups is 2. The fourth-order valence-corrected chi connectivity index (χ4v) is 2.24. The molecular weight excluding hydrogens is 324 g/mol. The minimum absolute atomic E-state index is 0.191. The summed E-state index contributed by atoms with van der Waals surface area (Å²) in [6, 6.07) is 11.4. The fourth-order valence-electron chi connectivity index (χ4n) is 2.24. The van der Waals surface area contributed by atoms with E-state index >= 15 is 0 Å². The molecule has 0 saturated carbocycles. The number of hydrogen-bond donors (Lipinski definition) is 0. The molecule has 2 aromatic rings. The summed E-state index contributed by atoms with van der Waals surface area (Å²) in [5.74, 6) is 0.502. The van der Waals surface area contributed by atoms with Gasteiger partial charge in [-0.2, -0.15) is 0 Å². The van der Waals surface area contributed by atoms with Crippen LogP contribution in [0, 0.1) is 0 Å². The molecule has 0 unspecified atom stereocenters. The molecule has 0 radical (unpaired) electrons. The standard InChI is InChI=1S/C19H20O6/c1-12(18(20)13-5-7-14(22-2)8-6-13)25-19(21)16-11-15(23-3)9-10-17(16)24-4/h5-12H,1-4H3/t12-/m1/s1. The van der Waals surface area contributed by atoms with Crippen LogP contribution in [0.15, 0.2) is 42.5 Å². The van der Waals surface area contributed by atoms with Crippen molar-refractivity contribution in [2.75, 3.05) is 21.3 Å². The van der Waals surface area contributed by atoms with Crippen molar-refractivity contribution in [1.29, 1.82) is 0 Å². The molecule has 0 aliphatic carbocycles. The maximum absolute atomic E-state index is 12.4. The van der Waals surface area contributed by atoms with E-state index in [9.17, 15) is 9.59 Å². The summed E-state index contributed by atoms with van der Waals surface area (Å²) in [6.07, 6.45) is -0.947. The molecule has 0 heterocycles. The third kappa shape index (κ3) is 4.29. The van der Waals surface area contributed by atoms with Gasteiger partial charge in [0, 0.05) is 5.56 Å². The summed E-state index contributed by atoms with van der Waals surface area (Å²) in [6.45, 7) is 1.52. The van der Waals surface area contributed by atoms with Gasteiger partial charge in [0.1, 0.15) is 22.8 Å². The van der Waals surface area contributed by atoms with Crippen LogP contribution in [0.5, 0.6) is 17.2 Å². The van der Waals surface area contributed by atoms with Crippen LogP contribution in [0.25, 0.3) is 0 Å². The van der Waals surface area contributed by atoms with Crippen LogP contribution in [-0.2, 0) is 4.74 Å². The van der Waals surface area contributed by atoms with Gasteiger partial charge in [0.05, 0.1) is 21.3 Å². The number of hydrogen-bond acceptors (Lipinski definition) is 6. The Morgan fingerprint density at radius 1 is 0.840 bits per heavy atom. The minimum atomic E-state index is -0.947. The Hall–Kier alpha value is -3.02. The quantitative estimate of drug-likeness (QED) is 0.568. The van der Waals surface area contributed by atoms with E-state index in [1.165, 1.54) is 27.2 Å². The van der Waals surface area contributed by atoms with E-state index < -0.39 is 12.1 Å². The Morgan fingerprint density at radius 3 is 2.00 bits per heavy atom. The molecule has 6 heteroatoms. The smallest absolute Gasteiger partial charge is 0.342 e. The van der Waals surface area contributed by atoms with E-state index in [1.54, 1.807) is 43.5 Å². The lowest BCUT2D eigenvalue weighted by molar-refractivity contribution is 0.0315. The monoisotopic (exact) mass is 344 g/mol. The first-order chi connectivity index (χ1) is 12.0. The Bertz CT molecular complexity index is 751. The van der Waals surface area contributed by atoms with Crippen molar-refractivity contribution in [1.82, 2.24) is 0 Å². The van der Waals surface area contributed by atoms with Crippen molar-refractivity contribution in [3.05, 3.63) is 53.6 Å². The van der Waals surface area contributed by atoms with Gasteiger partial charge in [-0.05, 0) is 49.4 Å². The van der Waals surface area contributed by atoms with Gasteiger partial charge in [0.2, 0.25) is 5.78 Å². The summed E-state index contributed by atoms with van der Waals surface area (Å²) >= 11 is 0. The SMILES string of the molecule is COc1ccc(C(=O)[C@@H](C)OC(=O)c2cc(OC)ccc2OC)cc1. The molecule has 25 heavy (non-hydrogen) atoms. The summed E-state index contributed by atoms with van der Waals surface area (Å²) in [5.41, 5.74) is 0.620. The lowest BCUT2D eigenvalue weighted by Gasteiger charge is -2.14. The van der Waals surface area contributed by atoms with E-state index in [0.717, 1.165) is 0 Å². The number of benzene rings is 2. The highest BCUT2D eigenvalue weighted by Gasteiger charge is 2.23. The summed E-state index contributed by atoms with van der Waals surface area (Å²) in [7, 11) is 4.49. The van der Waals surface area contributed by atoms with E-state index in [1.807, 2.05) is 0 Å². The maximum atomic E-state index is 12.4. The van der Waals surface area contributed by atoms with E-state index in [-0.39, 0.29) is 11.3 Å². The van der Waals surface area contributed by atoms with Gasteiger partial charge in [0.25, 0.3) is 0 Å². The molecule has 2 rings (SSSR count). The first-order valence-electron chi connectivity index (χ1n) is 7.61. The Morgan fingerprint density at radius 2 is 1.44 bits per heavy atom. The molecule has 0 N–H and O–H groups in total. The van der Waals surface area contributed by atoms with Gasteiger partial charge in [-0.15, -0.1) is 0 Å². The van der Waals surface area contributed by atoms with Gasteiger partial charge in [0.15, 0.2) is 6.10 Å². The first-order valence-corrected chi connectivity index (χ1v) is 7.61.